The Balaban J connectivity index is 1.85. The molecule has 0 spiro atoms. The van der Waals surface area contributed by atoms with Gasteiger partial charge in [0.1, 0.15) is 5.75 Å². The van der Waals surface area contributed by atoms with E-state index in [1.807, 2.05) is 24.3 Å². The van der Waals surface area contributed by atoms with Crippen LogP contribution in [0.3, 0.4) is 0 Å². The van der Waals surface area contributed by atoms with Crippen LogP contribution < -0.4 is 15.4 Å². The third-order valence-electron chi connectivity index (χ3n) is 3.05. The summed E-state index contributed by atoms with van der Waals surface area (Å²) in [7, 11) is 1.67. The Morgan fingerprint density at radius 3 is 2.68 bits per heavy atom. The first kappa shape index (κ1) is 16.9. The topological polar surface area (TPSA) is 33.3 Å². The number of ether oxygens (including phenoxy) is 1. The van der Waals surface area contributed by atoms with Gasteiger partial charge in [-0.25, -0.2) is 0 Å². The predicted octanol–water partition coefficient (Wildman–Crippen LogP) is 4.53. The number of nitrogens with one attached hydrogen (secondary N) is 2. The molecule has 0 bridgehead atoms. The normalized spacial score (nSPS) is 10.1. The van der Waals surface area contributed by atoms with Gasteiger partial charge >= 0.3 is 0 Å². The minimum absolute atomic E-state index is 0.513. The van der Waals surface area contributed by atoms with E-state index in [1.54, 1.807) is 25.3 Å². The van der Waals surface area contributed by atoms with Crippen LogP contribution in [0.25, 0.3) is 0 Å². The van der Waals surface area contributed by atoms with Crippen molar-refractivity contribution < 1.29 is 4.74 Å². The molecule has 0 amide bonds. The molecule has 2 aromatic carbocycles. The fraction of sp³-hybridized carbons (Fsp3) is 0.188. The zero-order valence-corrected chi connectivity index (χ0v) is 14.4. The van der Waals surface area contributed by atoms with E-state index in [4.69, 9.17) is 40.2 Å². The highest BCUT2D eigenvalue weighted by molar-refractivity contribution is 7.80. The predicted molar refractivity (Wildman–Crippen MR) is 97.4 cm³/mol. The molecule has 2 aromatic rings. The Kier molecular flexibility index (Phi) is 6.31. The summed E-state index contributed by atoms with van der Waals surface area (Å²) < 4.78 is 5.32. The monoisotopic (exact) mass is 354 g/mol. The van der Waals surface area contributed by atoms with Crippen molar-refractivity contribution >= 4 is 46.2 Å². The maximum atomic E-state index is 6.09. The van der Waals surface area contributed by atoms with Gasteiger partial charge in [0.25, 0.3) is 0 Å². The van der Waals surface area contributed by atoms with Crippen molar-refractivity contribution in [3.05, 3.63) is 58.1 Å². The van der Waals surface area contributed by atoms with Crippen molar-refractivity contribution in [2.75, 3.05) is 19.0 Å². The van der Waals surface area contributed by atoms with Gasteiger partial charge in [-0.2, -0.15) is 0 Å². The zero-order chi connectivity index (χ0) is 15.9. The Hall–Kier alpha value is -1.49. The lowest BCUT2D eigenvalue weighted by atomic mass is 10.1. The fourth-order valence-corrected chi connectivity index (χ4v) is 2.65. The van der Waals surface area contributed by atoms with Crippen molar-refractivity contribution in [1.29, 1.82) is 0 Å². The van der Waals surface area contributed by atoms with Gasteiger partial charge in [0.15, 0.2) is 5.11 Å². The molecule has 3 nitrogen and oxygen atoms in total. The van der Waals surface area contributed by atoms with Crippen LogP contribution in [-0.4, -0.2) is 18.8 Å². The summed E-state index contributed by atoms with van der Waals surface area (Å²) in [4.78, 5) is 0. The van der Waals surface area contributed by atoms with Gasteiger partial charge in [0.05, 0.1) is 17.8 Å². The molecule has 0 unspecified atom stereocenters. The maximum absolute atomic E-state index is 6.09. The van der Waals surface area contributed by atoms with E-state index in [0.717, 1.165) is 23.4 Å². The number of rotatable bonds is 5. The Labute approximate surface area is 145 Å². The molecular formula is C16H16Cl2N2OS. The van der Waals surface area contributed by atoms with Crippen LogP contribution in [0.2, 0.25) is 10.0 Å². The second kappa shape index (κ2) is 8.22. The number of para-hydroxylation sites is 1. The molecule has 2 N–H and O–H groups in total. The number of hydrogen-bond donors (Lipinski definition) is 2. The van der Waals surface area contributed by atoms with Crippen molar-refractivity contribution in [3.63, 3.8) is 0 Å². The first-order valence-electron chi connectivity index (χ1n) is 6.72. The number of benzene rings is 2. The first-order chi connectivity index (χ1) is 10.6. The highest BCUT2D eigenvalue weighted by Gasteiger charge is 2.05. The van der Waals surface area contributed by atoms with Crippen LogP contribution >= 0.6 is 35.4 Å². The summed E-state index contributed by atoms with van der Waals surface area (Å²) in [6.07, 6.45) is 0.806. The van der Waals surface area contributed by atoms with Gasteiger partial charge in [0, 0.05) is 11.6 Å². The largest absolute Gasteiger partial charge is 0.496 e. The standard InChI is InChI=1S/C16H16Cl2N2OS/c1-21-15-5-3-2-4-11(15)8-9-19-16(22)20-14-7-6-12(17)10-13(14)18/h2-7,10H,8-9H2,1H3,(H2,19,20,22). The van der Waals surface area contributed by atoms with E-state index in [0.29, 0.717) is 21.7 Å². The average Bonchev–Trinajstić information content (AvgIpc) is 2.50. The maximum Gasteiger partial charge on any atom is 0.170 e. The number of thiocarbonyl (C=S) groups is 1. The first-order valence-corrected chi connectivity index (χ1v) is 7.88. The third-order valence-corrected chi connectivity index (χ3v) is 3.85. The molecule has 0 fully saturated rings. The number of halogens is 2. The minimum atomic E-state index is 0.513. The Morgan fingerprint density at radius 2 is 1.95 bits per heavy atom. The molecule has 0 atom stereocenters. The van der Waals surface area contributed by atoms with Crippen LogP contribution in [0, 0.1) is 0 Å². The summed E-state index contributed by atoms with van der Waals surface area (Å²) >= 11 is 17.2. The van der Waals surface area contributed by atoms with Crippen molar-refractivity contribution in [1.82, 2.24) is 5.32 Å². The van der Waals surface area contributed by atoms with E-state index in [1.165, 1.54) is 0 Å². The molecule has 2 rings (SSSR count). The second-order valence-electron chi connectivity index (χ2n) is 4.57. The minimum Gasteiger partial charge on any atom is -0.496 e. The highest BCUT2D eigenvalue weighted by atomic mass is 35.5. The molecule has 0 saturated carbocycles. The van der Waals surface area contributed by atoms with Crippen molar-refractivity contribution in [2.45, 2.75) is 6.42 Å². The summed E-state index contributed by atoms with van der Waals surface area (Å²) in [5.41, 5.74) is 1.85. The van der Waals surface area contributed by atoms with Gasteiger partial charge in [-0.3, -0.25) is 0 Å². The average molecular weight is 355 g/mol. The number of methoxy groups -OCH3 is 1. The Bertz CT molecular complexity index is 664. The van der Waals surface area contributed by atoms with E-state index in [2.05, 4.69) is 10.6 Å². The molecular weight excluding hydrogens is 339 g/mol. The molecule has 0 aliphatic heterocycles. The lowest BCUT2D eigenvalue weighted by Crippen LogP contribution is -2.30. The third kappa shape index (κ3) is 4.77. The molecule has 6 heteroatoms. The zero-order valence-electron chi connectivity index (χ0n) is 12.0. The van der Waals surface area contributed by atoms with Crippen LogP contribution in [0.1, 0.15) is 5.56 Å². The molecule has 22 heavy (non-hydrogen) atoms. The Morgan fingerprint density at radius 1 is 1.18 bits per heavy atom. The van der Waals surface area contributed by atoms with E-state index < -0.39 is 0 Å². The molecule has 0 aliphatic carbocycles. The van der Waals surface area contributed by atoms with Gasteiger partial charge in [-0.1, -0.05) is 41.4 Å². The number of anilines is 1. The van der Waals surface area contributed by atoms with Gasteiger partial charge in [-0.15, -0.1) is 0 Å². The van der Waals surface area contributed by atoms with Gasteiger partial charge in [0.2, 0.25) is 0 Å². The van der Waals surface area contributed by atoms with Crippen LogP contribution in [0.4, 0.5) is 5.69 Å². The molecule has 0 aliphatic rings. The van der Waals surface area contributed by atoms with E-state index in [9.17, 15) is 0 Å². The lowest BCUT2D eigenvalue weighted by Gasteiger charge is -2.13. The van der Waals surface area contributed by atoms with Gasteiger partial charge in [-0.05, 0) is 48.5 Å². The molecule has 0 heterocycles. The van der Waals surface area contributed by atoms with Crippen LogP contribution in [0.15, 0.2) is 42.5 Å². The second-order valence-corrected chi connectivity index (χ2v) is 5.82. The van der Waals surface area contributed by atoms with E-state index >= 15 is 0 Å². The van der Waals surface area contributed by atoms with Gasteiger partial charge < -0.3 is 15.4 Å². The summed E-state index contributed by atoms with van der Waals surface area (Å²) in [6.45, 7) is 0.692. The molecule has 0 aromatic heterocycles. The van der Waals surface area contributed by atoms with Crippen LogP contribution in [0.5, 0.6) is 5.75 Å². The number of hydrogen-bond acceptors (Lipinski definition) is 2. The molecule has 116 valence electrons. The summed E-state index contributed by atoms with van der Waals surface area (Å²) in [6, 6.07) is 13.1. The molecule has 0 saturated heterocycles. The SMILES string of the molecule is COc1ccccc1CCNC(=S)Nc1ccc(Cl)cc1Cl. The highest BCUT2D eigenvalue weighted by Crippen LogP contribution is 2.25. The quantitative estimate of drug-likeness (QED) is 0.772. The van der Waals surface area contributed by atoms with Crippen molar-refractivity contribution in [2.24, 2.45) is 0 Å². The summed E-state index contributed by atoms with van der Waals surface area (Å²) in [5, 5.41) is 7.83. The fourth-order valence-electron chi connectivity index (χ4n) is 1.98. The van der Waals surface area contributed by atoms with E-state index in [-0.39, 0.29) is 0 Å². The molecule has 0 radical (unpaired) electrons. The lowest BCUT2D eigenvalue weighted by molar-refractivity contribution is 0.409. The summed E-state index contributed by atoms with van der Waals surface area (Å²) in [5.74, 6) is 0.879. The smallest absolute Gasteiger partial charge is 0.170 e. The van der Waals surface area contributed by atoms with Crippen LogP contribution in [-0.2, 0) is 6.42 Å². The van der Waals surface area contributed by atoms with Crippen molar-refractivity contribution in [3.8, 4) is 5.75 Å².